The van der Waals surface area contributed by atoms with Gasteiger partial charge in [-0.15, -0.1) is 0 Å². The largest absolute Gasteiger partial charge is 0.387 e. The second-order valence-corrected chi connectivity index (χ2v) is 4.20. The van der Waals surface area contributed by atoms with Crippen LogP contribution in [0.1, 0.15) is 17.3 Å². The van der Waals surface area contributed by atoms with E-state index >= 15 is 0 Å². The van der Waals surface area contributed by atoms with Crippen LogP contribution in [0.5, 0.6) is 0 Å². The van der Waals surface area contributed by atoms with Gasteiger partial charge in [0.1, 0.15) is 6.10 Å². The molecule has 1 aromatic carbocycles. The highest BCUT2D eigenvalue weighted by Gasteiger charge is 2.20. The summed E-state index contributed by atoms with van der Waals surface area (Å²) in [6.45, 7) is 0. The third-order valence-electron chi connectivity index (χ3n) is 2.66. The molecule has 102 valence electrons. The van der Waals surface area contributed by atoms with Crippen LogP contribution in [0.2, 0.25) is 0 Å². The Labute approximate surface area is 109 Å². The van der Waals surface area contributed by atoms with Gasteiger partial charge in [-0.25, -0.2) is 8.78 Å². The molecule has 0 bridgehead atoms. The molecule has 2 aromatic rings. The van der Waals surface area contributed by atoms with Crippen LogP contribution < -0.4 is 0 Å². The zero-order chi connectivity index (χ0) is 13.7. The second kappa shape index (κ2) is 6.38. The van der Waals surface area contributed by atoms with E-state index in [4.69, 9.17) is 9.63 Å². The fourth-order valence-electron chi connectivity index (χ4n) is 1.64. The van der Waals surface area contributed by atoms with Crippen molar-refractivity contribution < 1.29 is 18.4 Å². The average Bonchev–Trinajstić information content (AvgIpc) is 2.85. The summed E-state index contributed by atoms with van der Waals surface area (Å²) in [4.78, 5) is 3.98. The monoisotopic (exact) mass is 268 g/mol. The summed E-state index contributed by atoms with van der Waals surface area (Å²) in [5, 5.41) is 12.7. The van der Waals surface area contributed by atoms with Crippen molar-refractivity contribution >= 4 is 0 Å². The molecule has 6 heteroatoms. The maximum atomic E-state index is 12.2. The molecule has 1 unspecified atom stereocenters. The lowest BCUT2D eigenvalue weighted by Gasteiger charge is -2.04. The number of alkyl halides is 2. The molecule has 1 aromatic heterocycles. The number of hydrogen-bond acceptors (Lipinski definition) is 4. The van der Waals surface area contributed by atoms with Gasteiger partial charge in [-0.05, 0) is 12.0 Å². The first-order valence-corrected chi connectivity index (χ1v) is 5.97. The van der Waals surface area contributed by atoms with Gasteiger partial charge in [0.25, 0.3) is 6.43 Å². The molecule has 19 heavy (non-hydrogen) atoms. The number of aliphatic hydroxyl groups excluding tert-OH is 1. The third-order valence-corrected chi connectivity index (χ3v) is 2.66. The summed E-state index contributed by atoms with van der Waals surface area (Å²) in [5.41, 5.74) is 1.14. The fourth-order valence-corrected chi connectivity index (χ4v) is 1.64. The maximum Gasteiger partial charge on any atom is 0.264 e. The Bertz CT molecular complexity index is 502. The molecule has 0 aliphatic carbocycles. The molecule has 1 N–H and O–H groups in total. The van der Waals surface area contributed by atoms with Crippen molar-refractivity contribution in [3.05, 3.63) is 47.6 Å². The number of aliphatic hydroxyl groups is 1. The van der Waals surface area contributed by atoms with Crippen LogP contribution in [-0.2, 0) is 19.3 Å². The Balaban J connectivity index is 1.87. The Kier molecular flexibility index (Phi) is 4.57. The first-order valence-electron chi connectivity index (χ1n) is 5.97. The van der Waals surface area contributed by atoms with E-state index in [1.54, 1.807) is 0 Å². The van der Waals surface area contributed by atoms with Crippen LogP contribution in [0.25, 0.3) is 0 Å². The van der Waals surface area contributed by atoms with Gasteiger partial charge in [0.15, 0.2) is 5.82 Å². The number of benzene rings is 1. The first kappa shape index (κ1) is 13.6. The molecule has 0 saturated carbocycles. The van der Waals surface area contributed by atoms with Gasteiger partial charge in [0, 0.05) is 6.42 Å². The number of hydrogen-bond donors (Lipinski definition) is 1. The molecule has 0 spiro atoms. The van der Waals surface area contributed by atoms with Crippen molar-refractivity contribution in [2.24, 2.45) is 0 Å². The minimum absolute atomic E-state index is 0.0378. The minimum Gasteiger partial charge on any atom is -0.387 e. The molecule has 0 aliphatic rings. The molecule has 0 aliphatic heterocycles. The lowest BCUT2D eigenvalue weighted by atomic mass is 10.1. The van der Waals surface area contributed by atoms with Crippen LogP contribution in [0.3, 0.4) is 0 Å². The number of aromatic nitrogens is 2. The van der Waals surface area contributed by atoms with Gasteiger partial charge in [-0.2, -0.15) is 4.98 Å². The summed E-state index contributed by atoms with van der Waals surface area (Å²) in [7, 11) is 0. The van der Waals surface area contributed by atoms with Crippen LogP contribution in [0.4, 0.5) is 8.78 Å². The van der Waals surface area contributed by atoms with Crippen LogP contribution in [0.15, 0.2) is 34.9 Å². The highest BCUT2D eigenvalue weighted by molar-refractivity contribution is 5.15. The zero-order valence-corrected chi connectivity index (χ0v) is 10.2. The normalized spacial score (nSPS) is 12.8. The third kappa shape index (κ3) is 4.10. The van der Waals surface area contributed by atoms with Crippen LogP contribution in [0, 0.1) is 0 Å². The van der Waals surface area contributed by atoms with E-state index in [-0.39, 0.29) is 12.3 Å². The molecule has 0 radical (unpaired) electrons. The van der Waals surface area contributed by atoms with Crippen LogP contribution >= 0.6 is 0 Å². The number of rotatable bonds is 6. The van der Waals surface area contributed by atoms with Crippen molar-refractivity contribution in [1.82, 2.24) is 10.1 Å². The van der Waals surface area contributed by atoms with E-state index in [1.165, 1.54) is 0 Å². The summed E-state index contributed by atoms with van der Waals surface area (Å²) in [6.07, 6.45) is -3.58. The number of halogens is 2. The molecule has 0 saturated heterocycles. The van der Waals surface area contributed by atoms with E-state index in [0.717, 1.165) is 12.0 Å². The van der Waals surface area contributed by atoms with Crippen molar-refractivity contribution in [2.75, 3.05) is 0 Å². The SMILES string of the molecule is OC(Cc1nc(CCc2ccccc2)no1)C(F)F. The van der Waals surface area contributed by atoms with Crippen LogP contribution in [-0.4, -0.2) is 27.8 Å². The van der Waals surface area contributed by atoms with Gasteiger partial charge in [0.2, 0.25) is 5.89 Å². The van der Waals surface area contributed by atoms with Gasteiger partial charge >= 0.3 is 0 Å². The predicted molar refractivity (Wildman–Crippen MR) is 63.9 cm³/mol. The maximum absolute atomic E-state index is 12.2. The molecule has 0 amide bonds. The molecule has 1 heterocycles. The van der Waals surface area contributed by atoms with Gasteiger partial charge < -0.3 is 9.63 Å². The zero-order valence-electron chi connectivity index (χ0n) is 10.2. The Morgan fingerprint density at radius 3 is 2.58 bits per heavy atom. The molecule has 2 rings (SSSR count). The lowest BCUT2D eigenvalue weighted by molar-refractivity contribution is -0.00754. The summed E-state index contributed by atoms with van der Waals surface area (Å²) < 4.78 is 29.1. The van der Waals surface area contributed by atoms with Crippen molar-refractivity contribution in [3.63, 3.8) is 0 Å². The first-order chi connectivity index (χ1) is 9.15. The summed E-state index contributed by atoms with van der Waals surface area (Å²) in [6, 6.07) is 9.79. The quantitative estimate of drug-likeness (QED) is 0.870. The molecule has 1 atom stereocenters. The van der Waals surface area contributed by atoms with E-state index in [1.807, 2.05) is 30.3 Å². The smallest absolute Gasteiger partial charge is 0.264 e. The Morgan fingerprint density at radius 1 is 1.16 bits per heavy atom. The Morgan fingerprint density at radius 2 is 1.89 bits per heavy atom. The average molecular weight is 268 g/mol. The van der Waals surface area contributed by atoms with Gasteiger partial charge in [-0.1, -0.05) is 35.5 Å². The Hall–Kier alpha value is -1.82. The van der Waals surface area contributed by atoms with E-state index in [2.05, 4.69) is 10.1 Å². The minimum atomic E-state index is -2.81. The number of aryl methyl sites for hydroxylation is 2. The number of nitrogens with zero attached hydrogens (tertiary/aromatic N) is 2. The van der Waals surface area contributed by atoms with Crippen molar-refractivity contribution in [2.45, 2.75) is 31.8 Å². The standard InChI is InChI=1S/C13H14F2N2O2/c14-13(15)10(18)8-12-16-11(17-19-12)7-6-9-4-2-1-3-5-9/h1-5,10,13,18H,6-8H2. The highest BCUT2D eigenvalue weighted by Crippen LogP contribution is 2.09. The summed E-state index contributed by atoms with van der Waals surface area (Å²) in [5.74, 6) is 0.496. The van der Waals surface area contributed by atoms with Crippen molar-refractivity contribution in [3.8, 4) is 0 Å². The van der Waals surface area contributed by atoms with Gasteiger partial charge in [0.05, 0.1) is 6.42 Å². The van der Waals surface area contributed by atoms with Gasteiger partial charge in [-0.3, -0.25) is 0 Å². The van der Waals surface area contributed by atoms with Crippen molar-refractivity contribution in [1.29, 1.82) is 0 Å². The fraction of sp³-hybridized carbons (Fsp3) is 0.385. The molecule has 4 nitrogen and oxygen atoms in total. The molecular formula is C13H14F2N2O2. The second-order valence-electron chi connectivity index (χ2n) is 4.20. The van der Waals surface area contributed by atoms with E-state index < -0.39 is 12.5 Å². The van der Waals surface area contributed by atoms with E-state index in [0.29, 0.717) is 12.2 Å². The topological polar surface area (TPSA) is 59.2 Å². The highest BCUT2D eigenvalue weighted by atomic mass is 19.3. The lowest BCUT2D eigenvalue weighted by Crippen LogP contribution is -2.20. The molecular weight excluding hydrogens is 254 g/mol. The predicted octanol–water partition coefficient (Wildman–Crippen LogP) is 2.02. The molecule has 0 fully saturated rings. The van der Waals surface area contributed by atoms with E-state index in [9.17, 15) is 8.78 Å². The summed E-state index contributed by atoms with van der Waals surface area (Å²) >= 11 is 0.